The van der Waals surface area contributed by atoms with Crippen molar-refractivity contribution in [1.82, 2.24) is 20.4 Å². The molecule has 138 valence electrons. The Morgan fingerprint density at radius 2 is 2.04 bits per heavy atom. The Morgan fingerprint density at radius 3 is 2.65 bits per heavy atom. The lowest BCUT2D eigenvalue weighted by Crippen LogP contribution is -2.36. The minimum Gasteiger partial charge on any atom is -0.355 e. The summed E-state index contributed by atoms with van der Waals surface area (Å²) in [4.78, 5) is 30.3. The van der Waals surface area contributed by atoms with Crippen molar-refractivity contribution < 1.29 is 14.1 Å². The van der Waals surface area contributed by atoms with E-state index in [9.17, 15) is 9.59 Å². The maximum Gasteiger partial charge on any atom is 0.232 e. The number of halogens is 1. The molecule has 3 rings (SSSR count). The molecule has 1 fully saturated rings. The van der Waals surface area contributed by atoms with Crippen LogP contribution in [0.15, 0.2) is 28.8 Å². The van der Waals surface area contributed by atoms with E-state index in [1.54, 1.807) is 11.8 Å². The van der Waals surface area contributed by atoms with E-state index in [0.29, 0.717) is 42.8 Å². The Hall–Kier alpha value is -2.41. The van der Waals surface area contributed by atoms with Gasteiger partial charge in [-0.25, -0.2) is 0 Å². The molecule has 1 saturated heterocycles. The van der Waals surface area contributed by atoms with E-state index < -0.39 is 5.92 Å². The van der Waals surface area contributed by atoms with Crippen molar-refractivity contribution in [1.29, 1.82) is 0 Å². The molecule has 0 aliphatic carbocycles. The molecule has 2 atom stereocenters. The molecule has 2 aromatic rings. The van der Waals surface area contributed by atoms with Crippen LogP contribution in [-0.2, 0) is 16.0 Å². The maximum atomic E-state index is 12.7. The summed E-state index contributed by atoms with van der Waals surface area (Å²) in [7, 11) is 0. The van der Waals surface area contributed by atoms with Crippen LogP contribution in [0.5, 0.6) is 0 Å². The van der Waals surface area contributed by atoms with Gasteiger partial charge in [0.1, 0.15) is 0 Å². The number of likely N-dealkylation sites (tertiary alicyclic amines) is 1. The lowest BCUT2D eigenvalue weighted by atomic mass is 9.95. The Morgan fingerprint density at radius 1 is 1.31 bits per heavy atom. The Balaban J connectivity index is 1.63. The first-order chi connectivity index (χ1) is 12.4. The van der Waals surface area contributed by atoms with Crippen molar-refractivity contribution in [3.8, 4) is 0 Å². The molecule has 0 saturated carbocycles. The van der Waals surface area contributed by atoms with Gasteiger partial charge in [0.2, 0.25) is 17.7 Å². The van der Waals surface area contributed by atoms with Crippen LogP contribution in [0.4, 0.5) is 0 Å². The maximum absolute atomic E-state index is 12.7. The molecule has 0 radical (unpaired) electrons. The molecule has 1 aromatic carbocycles. The van der Waals surface area contributed by atoms with Gasteiger partial charge in [-0.1, -0.05) is 28.9 Å². The highest BCUT2D eigenvalue weighted by molar-refractivity contribution is 6.30. The van der Waals surface area contributed by atoms with E-state index in [1.165, 1.54) is 6.92 Å². The molecule has 0 spiro atoms. The number of aryl methyl sites for hydroxylation is 1. The predicted octanol–water partition coefficient (Wildman–Crippen LogP) is 1.95. The SMILES string of the molecule is CC(=O)N1CC(C(=O)NCCc2ccc(Cl)cc2)C(c2nc(C)no2)C1. The molecule has 2 amide bonds. The van der Waals surface area contributed by atoms with Gasteiger partial charge in [-0.15, -0.1) is 0 Å². The molecule has 1 aliphatic heterocycles. The first kappa shape index (κ1) is 18.4. The van der Waals surface area contributed by atoms with Gasteiger partial charge in [0.05, 0.1) is 11.8 Å². The minimum absolute atomic E-state index is 0.0669. The van der Waals surface area contributed by atoms with Gasteiger partial charge < -0.3 is 14.7 Å². The number of hydrogen-bond donors (Lipinski definition) is 1. The summed E-state index contributed by atoms with van der Waals surface area (Å²) in [6, 6.07) is 7.53. The van der Waals surface area contributed by atoms with Gasteiger partial charge in [0.25, 0.3) is 0 Å². The lowest BCUT2D eigenvalue weighted by molar-refractivity contribution is -0.128. The summed E-state index contributed by atoms with van der Waals surface area (Å²) >= 11 is 5.88. The topological polar surface area (TPSA) is 88.3 Å². The number of carbonyl (C=O) groups excluding carboxylic acids is 2. The Labute approximate surface area is 156 Å². The van der Waals surface area contributed by atoms with E-state index in [2.05, 4.69) is 15.5 Å². The summed E-state index contributed by atoms with van der Waals surface area (Å²) in [6.07, 6.45) is 0.705. The summed E-state index contributed by atoms with van der Waals surface area (Å²) in [5.41, 5.74) is 1.09. The molecule has 1 aliphatic rings. The zero-order chi connectivity index (χ0) is 18.7. The fourth-order valence-corrected chi connectivity index (χ4v) is 3.28. The highest BCUT2D eigenvalue weighted by Gasteiger charge is 2.42. The van der Waals surface area contributed by atoms with Crippen LogP contribution in [0.25, 0.3) is 0 Å². The highest BCUT2D eigenvalue weighted by atomic mass is 35.5. The van der Waals surface area contributed by atoms with Gasteiger partial charge in [-0.3, -0.25) is 9.59 Å². The fraction of sp³-hybridized carbons (Fsp3) is 0.444. The second kappa shape index (κ2) is 7.86. The number of aromatic nitrogens is 2. The molecular weight excluding hydrogens is 356 g/mol. The number of nitrogens with one attached hydrogen (secondary N) is 1. The van der Waals surface area contributed by atoms with Crippen LogP contribution in [0.2, 0.25) is 5.02 Å². The molecule has 0 bridgehead atoms. The average Bonchev–Trinajstić information content (AvgIpc) is 3.23. The van der Waals surface area contributed by atoms with Crippen LogP contribution in [0, 0.1) is 12.8 Å². The van der Waals surface area contributed by atoms with Crippen molar-refractivity contribution >= 4 is 23.4 Å². The van der Waals surface area contributed by atoms with Crippen molar-refractivity contribution in [2.24, 2.45) is 5.92 Å². The Bertz CT molecular complexity index is 790. The zero-order valence-corrected chi connectivity index (χ0v) is 15.5. The second-order valence-electron chi connectivity index (χ2n) is 6.48. The number of hydrogen-bond acceptors (Lipinski definition) is 5. The molecule has 1 aromatic heterocycles. The van der Waals surface area contributed by atoms with Crippen LogP contribution >= 0.6 is 11.6 Å². The predicted molar refractivity (Wildman–Crippen MR) is 95.7 cm³/mol. The molecule has 7 nitrogen and oxygen atoms in total. The smallest absolute Gasteiger partial charge is 0.232 e. The quantitative estimate of drug-likeness (QED) is 0.861. The van der Waals surface area contributed by atoms with Crippen molar-refractivity contribution in [2.45, 2.75) is 26.2 Å². The third-order valence-electron chi connectivity index (χ3n) is 4.59. The third kappa shape index (κ3) is 4.22. The second-order valence-corrected chi connectivity index (χ2v) is 6.92. The monoisotopic (exact) mass is 376 g/mol. The molecule has 26 heavy (non-hydrogen) atoms. The van der Waals surface area contributed by atoms with Gasteiger partial charge >= 0.3 is 0 Å². The number of rotatable bonds is 5. The standard InChI is InChI=1S/C18H21ClN4O3/c1-11-21-18(26-22-11)16-10-23(12(2)24)9-15(16)17(25)20-8-7-13-3-5-14(19)6-4-13/h3-6,15-16H,7-10H2,1-2H3,(H,20,25). The average molecular weight is 377 g/mol. The van der Waals surface area contributed by atoms with Gasteiger partial charge in [0, 0.05) is 31.6 Å². The van der Waals surface area contributed by atoms with Crippen LogP contribution in [0.1, 0.15) is 30.1 Å². The largest absolute Gasteiger partial charge is 0.355 e. The van der Waals surface area contributed by atoms with Gasteiger partial charge in [-0.05, 0) is 31.0 Å². The zero-order valence-electron chi connectivity index (χ0n) is 14.7. The number of benzene rings is 1. The van der Waals surface area contributed by atoms with Crippen LogP contribution in [0.3, 0.4) is 0 Å². The Kier molecular flexibility index (Phi) is 5.56. The van der Waals surface area contributed by atoms with E-state index in [1.807, 2.05) is 24.3 Å². The first-order valence-corrected chi connectivity index (χ1v) is 8.89. The summed E-state index contributed by atoms with van der Waals surface area (Å²) in [5.74, 6) is 0.0677. The normalized spacial score (nSPS) is 19.6. The van der Waals surface area contributed by atoms with E-state index in [0.717, 1.165) is 5.56 Å². The molecular formula is C18H21ClN4O3. The van der Waals surface area contributed by atoms with Crippen molar-refractivity contribution in [2.75, 3.05) is 19.6 Å². The molecule has 1 N–H and O–H groups in total. The van der Waals surface area contributed by atoms with Crippen molar-refractivity contribution in [3.63, 3.8) is 0 Å². The van der Waals surface area contributed by atoms with Crippen molar-refractivity contribution in [3.05, 3.63) is 46.6 Å². The van der Waals surface area contributed by atoms with E-state index >= 15 is 0 Å². The fourth-order valence-electron chi connectivity index (χ4n) is 3.15. The highest BCUT2D eigenvalue weighted by Crippen LogP contribution is 2.32. The van der Waals surface area contributed by atoms with Gasteiger partial charge in [0.15, 0.2) is 5.82 Å². The summed E-state index contributed by atoms with van der Waals surface area (Å²) in [5, 5.41) is 7.44. The lowest BCUT2D eigenvalue weighted by Gasteiger charge is -2.15. The summed E-state index contributed by atoms with van der Waals surface area (Å²) in [6.45, 7) is 4.50. The number of nitrogens with zero attached hydrogens (tertiary/aromatic N) is 3. The van der Waals surface area contributed by atoms with E-state index in [4.69, 9.17) is 16.1 Å². The molecule has 2 heterocycles. The van der Waals surface area contributed by atoms with E-state index in [-0.39, 0.29) is 17.7 Å². The molecule has 8 heteroatoms. The number of amides is 2. The molecule has 2 unspecified atom stereocenters. The summed E-state index contributed by atoms with van der Waals surface area (Å²) < 4.78 is 5.25. The van der Waals surface area contributed by atoms with Crippen LogP contribution in [-0.4, -0.2) is 46.5 Å². The first-order valence-electron chi connectivity index (χ1n) is 8.52. The van der Waals surface area contributed by atoms with Gasteiger partial charge in [-0.2, -0.15) is 4.98 Å². The van der Waals surface area contributed by atoms with Crippen LogP contribution < -0.4 is 5.32 Å². The third-order valence-corrected chi connectivity index (χ3v) is 4.84. The minimum atomic E-state index is -0.399. The number of carbonyl (C=O) groups is 2.